The quantitative estimate of drug-likeness (QED) is 0.322. The molecule has 1 heterocycles. The fraction of sp³-hybridized carbons (Fsp3) is 0.486. The zero-order valence-corrected chi connectivity index (χ0v) is 24.5. The summed E-state index contributed by atoms with van der Waals surface area (Å²) in [4.78, 5) is 5.15. The van der Waals surface area contributed by atoms with Gasteiger partial charge < -0.3 is 9.64 Å². The van der Waals surface area contributed by atoms with Crippen molar-refractivity contribution in [3.63, 3.8) is 0 Å². The normalized spacial score (nSPS) is 16.4. The van der Waals surface area contributed by atoms with E-state index in [2.05, 4.69) is 67.0 Å². The summed E-state index contributed by atoms with van der Waals surface area (Å²) in [5, 5.41) is 0. The van der Waals surface area contributed by atoms with Gasteiger partial charge in [-0.15, -0.1) is 6.42 Å². The van der Waals surface area contributed by atoms with Crippen LogP contribution in [0.4, 0.5) is 0 Å². The molecule has 2 aliphatic rings. The first-order chi connectivity index (χ1) is 18.5. The second-order valence-corrected chi connectivity index (χ2v) is 10.3. The highest BCUT2D eigenvalue weighted by molar-refractivity contribution is 5.72. The Morgan fingerprint density at radius 3 is 2.37 bits per heavy atom. The smallest absolute Gasteiger partial charge is 0.0719 e. The van der Waals surface area contributed by atoms with Crippen LogP contribution in [0.25, 0.3) is 11.6 Å². The molecule has 38 heavy (non-hydrogen) atoms. The summed E-state index contributed by atoms with van der Waals surface area (Å²) < 4.78 is 5.47. The molecule has 1 atom stereocenters. The van der Waals surface area contributed by atoms with E-state index in [0.717, 1.165) is 65.0 Å². The molecular formula is C35H48N2O. The van der Waals surface area contributed by atoms with E-state index in [-0.39, 0.29) is 5.92 Å². The molecule has 0 aromatic heterocycles. The van der Waals surface area contributed by atoms with Crippen LogP contribution in [-0.2, 0) is 30.6 Å². The van der Waals surface area contributed by atoms with E-state index in [4.69, 9.17) is 11.2 Å². The lowest BCUT2D eigenvalue weighted by molar-refractivity contribution is 0.132. The van der Waals surface area contributed by atoms with E-state index in [1.54, 1.807) is 7.11 Å². The summed E-state index contributed by atoms with van der Waals surface area (Å²) in [6, 6.07) is 9.15. The molecular weight excluding hydrogens is 464 g/mol. The van der Waals surface area contributed by atoms with Crippen LogP contribution in [0.2, 0.25) is 0 Å². The van der Waals surface area contributed by atoms with E-state index in [1.165, 1.54) is 50.1 Å². The number of allylic oxidation sites excluding steroid dienone is 1. The second kappa shape index (κ2) is 14.5. The van der Waals surface area contributed by atoms with Gasteiger partial charge in [0.05, 0.1) is 12.5 Å². The third-order valence-electron chi connectivity index (χ3n) is 8.23. The Labute approximate surface area is 232 Å². The van der Waals surface area contributed by atoms with Gasteiger partial charge in [0.1, 0.15) is 0 Å². The molecule has 0 saturated carbocycles. The van der Waals surface area contributed by atoms with Crippen LogP contribution in [0.3, 0.4) is 0 Å². The SMILES string of the molecule is C#CC(CN1CCN(CCc2ccc3c(c2C)CCC3=C)CC1)c1cc(CC)c(C=C)c(COC)c1.CC. The fourth-order valence-corrected chi connectivity index (χ4v) is 5.96. The summed E-state index contributed by atoms with van der Waals surface area (Å²) >= 11 is 0. The van der Waals surface area contributed by atoms with Crippen LogP contribution < -0.4 is 0 Å². The van der Waals surface area contributed by atoms with Crippen LogP contribution in [0.15, 0.2) is 37.4 Å². The molecule has 3 nitrogen and oxygen atoms in total. The zero-order chi connectivity index (χ0) is 27.7. The molecule has 4 rings (SSSR count). The number of fused-ring (bicyclic) bond motifs is 1. The molecule has 0 amide bonds. The molecule has 1 fully saturated rings. The lowest BCUT2D eigenvalue weighted by atomic mass is 9.90. The van der Waals surface area contributed by atoms with E-state index in [1.807, 2.05) is 19.9 Å². The van der Waals surface area contributed by atoms with Crippen molar-refractivity contribution in [2.24, 2.45) is 0 Å². The minimum absolute atomic E-state index is 0.0835. The highest BCUT2D eigenvalue weighted by Gasteiger charge is 2.22. The Bertz CT molecular complexity index is 1150. The van der Waals surface area contributed by atoms with Gasteiger partial charge in [-0.25, -0.2) is 0 Å². The van der Waals surface area contributed by atoms with Crippen molar-refractivity contribution < 1.29 is 4.74 Å². The average molecular weight is 513 g/mol. The number of aryl methyl sites for hydroxylation is 1. The predicted molar refractivity (Wildman–Crippen MR) is 165 cm³/mol. The molecule has 2 aromatic carbocycles. The number of hydrogen-bond donors (Lipinski definition) is 0. The summed E-state index contributed by atoms with van der Waals surface area (Å²) in [7, 11) is 1.74. The number of piperazine rings is 1. The molecule has 204 valence electrons. The van der Waals surface area contributed by atoms with Crippen molar-refractivity contribution >= 4 is 11.6 Å². The Balaban J connectivity index is 0.00000195. The number of rotatable bonds is 10. The zero-order valence-electron chi connectivity index (χ0n) is 24.5. The Hall–Kier alpha value is -2.64. The van der Waals surface area contributed by atoms with Gasteiger partial charge in [0.2, 0.25) is 0 Å². The Morgan fingerprint density at radius 1 is 1.05 bits per heavy atom. The maximum Gasteiger partial charge on any atom is 0.0719 e. The molecule has 1 saturated heterocycles. The van der Waals surface area contributed by atoms with Crippen molar-refractivity contribution in [2.45, 2.75) is 65.9 Å². The van der Waals surface area contributed by atoms with Gasteiger partial charge in [0.25, 0.3) is 0 Å². The Morgan fingerprint density at radius 2 is 1.74 bits per heavy atom. The van der Waals surface area contributed by atoms with Crippen molar-refractivity contribution in [2.75, 3.05) is 46.4 Å². The first-order valence-corrected chi connectivity index (χ1v) is 14.5. The van der Waals surface area contributed by atoms with Crippen LogP contribution >= 0.6 is 0 Å². The monoisotopic (exact) mass is 512 g/mol. The van der Waals surface area contributed by atoms with E-state index in [0.29, 0.717) is 6.61 Å². The summed E-state index contributed by atoms with van der Waals surface area (Å²) in [6.45, 7) is 23.7. The van der Waals surface area contributed by atoms with Crippen LogP contribution in [0, 0.1) is 19.3 Å². The number of ether oxygens (including phenoxy) is 1. The van der Waals surface area contributed by atoms with Crippen molar-refractivity contribution in [1.29, 1.82) is 0 Å². The summed E-state index contributed by atoms with van der Waals surface area (Å²) in [6.07, 6.45) is 12.4. The van der Waals surface area contributed by atoms with Crippen molar-refractivity contribution in [1.82, 2.24) is 9.80 Å². The number of benzene rings is 2. The van der Waals surface area contributed by atoms with E-state index < -0.39 is 0 Å². The molecule has 1 aliphatic heterocycles. The second-order valence-electron chi connectivity index (χ2n) is 10.3. The maximum atomic E-state index is 6.06. The topological polar surface area (TPSA) is 15.7 Å². The van der Waals surface area contributed by atoms with Crippen LogP contribution in [0.5, 0.6) is 0 Å². The lowest BCUT2D eigenvalue weighted by Crippen LogP contribution is -2.47. The van der Waals surface area contributed by atoms with Crippen molar-refractivity contribution in [3.8, 4) is 12.3 Å². The number of terminal acetylenes is 1. The first kappa shape index (κ1) is 29.9. The molecule has 0 spiro atoms. The summed E-state index contributed by atoms with van der Waals surface area (Å²) in [5.41, 5.74) is 12.1. The predicted octanol–water partition coefficient (Wildman–Crippen LogP) is 6.91. The van der Waals surface area contributed by atoms with Crippen LogP contribution in [-0.4, -0.2) is 56.2 Å². The van der Waals surface area contributed by atoms with Crippen molar-refractivity contribution in [3.05, 3.63) is 81.9 Å². The molecule has 1 unspecified atom stereocenters. The van der Waals surface area contributed by atoms with Gasteiger partial charge in [-0.05, 0) is 82.7 Å². The summed E-state index contributed by atoms with van der Waals surface area (Å²) in [5.74, 6) is 3.17. The van der Waals surface area contributed by atoms with Gasteiger partial charge >= 0.3 is 0 Å². The Kier molecular flexibility index (Phi) is 11.4. The lowest BCUT2D eigenvalue weighted by Gasteiger charge is -2.36. The maximum absolute atomic E-state index is 6.06. The molecule has 0 radical (unpaired) electrons. The highest BCUT2D eigenvalue weighted by Crippen LogP contribution is 2.34. The third-order valence-corrected chi connectivity index (χ3v) is 8.23. The first-order valence-electron chi connectivity index (χ1n) is 14.5. The standard InChI is InChI=1S/C33H42N2O.C2H6/c1-7-26-20-29(21-30(23-36-6)31(26)9-3)27(8-2)22-35-18-16-34(17-19-35)15-14-28-11-13-32-24(4)10-12-33(32)25(28)5;1-2/h2,9,11,13,20-21,27H,3-4,7,10,12,14-19,22-23H2,1,5-6H3;1-2H3. The van der Waals surface area contributed by atoms with E-state index in [9.17, 15) is 0 Å². The minimum Gasteiger partial charge on any atom is -0.380 e. The van der Waals surface area contributed by atoms with Gasteiger partial charge in [0.15, 0.2) is 0 Å². The molecule has 3 heteroatoms. The van der Waals surface area contributed by atoms with Gasteiger partial charge in [0, 0.05) is 46.4 Å². The minimum atomic E-state index is 0.0835. The number of methoxy groups -OCH3 is 1. The van der Waals surface area contributed by atoms with Gasteiger partial charge in [-0.3, -0.25) is 4.90 Å². The number of hydrogen-bond acceptors (Lipinski definition) is 3. The molecule has 1 aliphatic carbocycles. The van der Waals surface area contributed by atoms with Gasteiger partial charge in [-0.2, -0.15) is 0 Å². The van der Waals surface area contributed by atoms with E-state index >= 15 is 0 Å². The molecule has 0 bridgehead atoms. The van der Waals surface area contributed by atoms with Crippen LogP contribution in [0.1, 0.15) is 77.6 Å². The fourth-order valence-electron chi connectivity index (χ4n) is 5.96. The largest absolute Gasteiger partial charge is 0.380 e. The molecule has 0 N–H and O–H groups in total. The average Bonchev–Trinajstić information content (AvgIpc) is 3.34. The highest BCUT2D eigenvalue weighted by atomic mass is 16.5. The number of nitrogens with zero attached hydrogens (tertiary/aromatic N) is 2. The molecule has 2 aromatic rings. The third kappa shape index (κ3) is 6.86. The van der Waals surface area contributed by atoms with Gasteiger partial charge in [-0.1, -0.05) is 70.2 Å².